The van der Waals surface area contributed by atoms with Gasteiger partial charge in [0, 0.05) is 11.3 Å². The van der Waals surface area contributed by atoms with Gasteiger partial charge in [0.2, 0.25) is 5.91 Å². The third kappa shape index (κ3) is 4.85. The molecule has 0 aliphatic heterocycles. The van der Waals surface area contributed by atoms with Crippen molar-refractivity contribution in [1.29, 1.82) is 0 Å². The Morgan fingerprint density at radius 3 is 2.46 bits per heavy atom. The Morgan fingerprint density at radius 1 is 1.08 bits per heavy atom. The molecule has 0 radical (unpaired) electrons. The molecule has 5 heteroatoms. The molecule has 2 amide bonds. The summed E-state index contributed by atoms with van der Waals surface area (Å²) in [6, 6.07) is 14.4. The van der Waals surface area contributed by atoms with Crippen LogP contribution in [0.4, 0.5) is 5.69 Å². The highest BCUT2D eigenvalue weighted by Crippen LogP contribution is 2.29. The molecule has 0 aliphatic rings. The fourth-order valence-corrected chi connectivity index (χ4v) is 2.66. The summed E-state index contributed by atoms with van der Waals surface area (Å²) in [4.78, 5) is 23.9. The van der Waals surface area contributed by atoms with Crippen LogP contribution in [0.2, 0.25) is 0 Å². The number of hydrogen-bond acceptors (Lipinski definition) is 3. The van der Waals surface area contributed by atoms with E-state index in [1.54, 1.807) is 24.3 Å². The number of para-hydroxylation sites is 1. The van der Waals surface area contributed by atoms with Crippen molar-refractivity contribution in [3.8, 4) is 5.75 Å². The molecule has 0 saturated carbocycles. The molecule has 0 aromatic heterocycles. The molecule has 2 aromatic rings. The van der Waals surface area contributed by atoms with Crippen molar-refractivity contribution in [3.63, 3.8) is 0 Å². The Balaban J connectivity index is 2.15. The topological polar surface area (TPSA) is 81.4 Å². The lowest BCUT2D eigenvalue weighted by Gasteiger charge is -2.21. The Labute approximate surface area is 154 Å². The Bertz CT molecular complexity index is 773. The number of hydrogen-bond donors (Lipinski definition) is 2. The van der Waals surface area contributed by atoms with Crippen LogP contribution in [0.3, 0.4) is 0 Å². The van der Waals surface area contributed by atoms with Gasteiger partial charge >= 0.3 is 0 Å². The number of amides is 2. The predicted octanol–water partition coefficient (Wildman–Crippen LogP) is 4.10. The molecule has 0 heterocycles. The summed E-state index contributed by atoms with van der Waals surface area (Å²) in [5, 5.41) is 2.80. The summed E-state index contributed by atoms with van der Waals surface area (Å²) in [6.07, 6.45) is 0.886. The minimum absolute atomic E-state index is 0.256. The zero-order chi connectivity index (χ0) is 19.1. The van der Waals surface area contributed by atoms with E-state index in [1.807, 2.05) is 31.2 Å². The number of rotatable bonds is 8. The smallest absolute Gasteiger partial charge is 0.265 e. The van der Waals surface area contributed by atoms with Crippen molar-refractivity contribution in [3.05, 3.63) is 59.7 Å². The van der Waals surface area contributed by atoms with Crippen molar-refractivity contribution in [1.82, 2.24) is 0 Å². The molecule has 2 rings (SSSR count). The van der Waals surface area contributed by atoms with Gasteiger partial charge in [-0.2, -0.15) is 0 Å². The normalized spacial score (nSPS) is 12.9. The fourth-order valence-electron chi connectivity index (χ4n) is 2.66. The van der Waals surface area contributed by atoms with Gasteiger partial charge < -0.3 is 15.8 Å². The average molecular weight is 354 g/mol. The van der Waals surface area contributed by atoms with Crippen molar-refractivity contribution < 1.29 is 14.3 Å². The quantitative estimate of drug-likeness (QED) is 0.749. The third-order valence-corrected chi connectivity index (χ3v) is 4.41. The van der Waals surface area contributed by atoms with Crippen LogP contribution in [-0.2, 0) is 4.79 Å². The lowest BCUT2D eigenvalue weighted by Crippen LogP contribution is -2.32. The van der Waals surface area contributed by atoms with E-state index in [0.717, 1.165) is 17.7 Å². The number of carbonyl (C=O) groups is 2. The number of ether oxygens (including phenoxy) is 1. The summed E-state index contributed by atoms with van der Waals surface area (Å²) in [7, 11) is 0. The van der Waals surface area contributed by atoms with Gasteiger partial charge in [-0.1, -0.05) is 45.0 Å². The third-order valence-electron chi connectivity index (χ3n) is 4.41. The highest BCUT2D eigenvalue weighted by Gasteiger charge is 2.21. The van der Waals surface area contributed by atoms with E-state index in [2.05, 4.69) is 19.2 Å². The van der Waals surface area contributed by atoms with Crippen LogP contribution >= 0.6 is 0 Å². The fraction of sp³-hybridized carbons (Fsp3) is 0.333. The van der Waals surface area contributed by atoms with Crippen LogP contribution in [0.1, 0.15) is 55.5 Å². The number of primary amides is 1. The molecule has 3 N–H and O–H groups in total. The van der Waals surface area contributed by atoms with Crippen LogP contribution < -0.4 is 15.8 Å². The first-order valence-electron chi connectivity index (χ1n) is 8.92. The van der Waals surface area contributed by atoms with Gasteiger partial charge in [-0.25, -0.2) is 0 Å². The molecular weight excluding hydrogens is 328 g/mol. The lowest BCUT2D eigenvalue weighted by atomic mass is 9.98. The zero-order valence-corrected chi connectivity index (χ0v) is 15.5. The number of carbonyl (C=O) groups excluding carboxylic acids is 2. The molecule has 0 fully saturated rings. The van der Waals surface area contributed by atoms with Crippen LogP contribution in [0.5, 0.6) is 5.75 Å². The minimum Gasteiger partial charge on any atom is -0.480 e. The predicted molar refractivity (Wildman–Crippen MR) is 103 cm³/mol. The van der Waals surface area contributed by atoms with Gasteiger partial charge in [0.1, 0.15) is 5.75 Å². The van der Waals surface area contributed by atoms with E-state index < -0.39 is 12.0 Å². The number of anilines is 1. The van der Waals surface area contributed by atoms with E-state index in [0.29, 0.717) is 23.6 Å². The van der Waals surface area contributed by atoms with E-state index >= 15 is 0 Å². The number of nitrogens with one attached hydrogen (secondary N) is 1. The van der Waals surface area contributed by atoms with E-state index in [1.165, 1.54) is 0 Å². The first-order valence-corrected chi connectivity index (χ1v) is 8.92. The molecule has 0 bridgehead atoms. The van der Waals surface area contributed by atoms with E-state index in [4.69, 9.17) is 10.5 Å². The van der Waals surface area contributed by atoms with Crippen molar-refractivity contribution in [2.24, 2.45) is 5.73 Å². The summed E-state index contributed by atoms with van der Waals surface area (Å²) in [5.74, 6) is 0.286. The molecular formula is C21H26N2O3. The molecule has 2 atom stereocenters. The Kier molecular flexibility index (Phi) is 6.78. The van der Waals surface area contributed by atoms with Gasteiger partial charge in [0.25, 0.3) is 5.91 Å². The van der Waals surface area contributed by atoms with Crippen molar-refractivity contribution in [2.45, 2.75) is 45.6 Å². The Hall–Kier alpha value is -2.82. The maximum atomic E-state index is 12.6. The molecule has 2 aromatic carbocycles. The van der Waals surface area contributed by atoms with E-state index in [-0.39, 0.29) is 5.91 Å². The maximum Gasteiger partial charge on any atom is 0.265 e. The van der Waals surface area contributed by atoms with Gasteiger partial charge in [0.05, 0.1) is 0 Å². The minimum atomic E-state index is -0.627. The summed E-state index contributed by atoms with van der Waals surface area (Å²) >= 11 is 0. The zero-order valence-electron chi connectivity index (χ0n) is 15.5. The molecule has 5 nitrogen and oxygen atoms in total. The second kappa shape index (κ2) is 9.04. The van der Waals surface area contributed by atoms with Gasteiger partial charge in [-0.3, -0.25) is 9.59 Å². The molecule has 0 aliphatic carbocycles. The first-order chi connectivity index (χ1) is 12.5. The van der Waals surface area contributed by atoms with Gasteiger partial charge in [0.15, 0.2) is 6.10 Å². The standard InChI is InChI=1S/C21H26N2O3/c1-4-14(3)17-11-6-7-12-19(17)26-18(5-2)21(25)23-16-10-8-9-15(13-16)20(22)24/h6-14,18H,4-5H2,1-3H3,(H2,22,24)(H,23,25). The second-order valence-corrected chi connectivity index (χ2v) is 6.30. The van der Waals surface area contributed by atoms with Crippen LogP contribution in [-0.4, -0.2) is 17.9 Å². The molecule has 0 spiro atoms. The Morgan fingerprint density at radius 2 is 1.81 bits per heavy atom. The molecule has 138 valence electrons. The highest BCUT2D eigenvalue weighted by molar-refractivity contribution is 5.97. The van der Waals surface area contributed by atoms with Gasteiger partial charge in [-0.15, -0.1) is 0 Å². The van der Waals surface area contributed by atoms with Crippen molar-refractivity contribution >= 4 is 17.5 Å². The molecule has 2 unspecified atom stereocenters. The van der Waals surface area contributed by atoms with Crippen LogP contribution in [0.15, 0.2) is 48.5 Å². The van der Waals surface area contributed by atoms with Crippen molar-refractivity contribution in [2.75, 3.05) is 5.32 Å². The van der Waals surface area contributed by atoms with Crippen LogP contribution in [0.25, 0.3) is 0 Å². The first kappa shape index (κ1) is 19.5. The largest absolute Gasteiger partial charge is 0.480 e. The van der Waals surface area contributed by atoms with E-state index in [9.17, 15) is 9.59 Å². The van der Waals surface area contributed by atoms with Crippen LogP contribution in [0, 0.1) is 0 Å². The monoisotopic (exact) mass is 354 g/mol. The second-order valence-electron chi connectivity index (χ2n) is 6.30. The summed E-state index contributed by atoms with van der Waals surface area (Å²) in [6.45, 7) is 6.16. The molecule has 26 heavy (non-hydrogen) atoms. The number of nitrogens with two attached hydrogens (primary N) is 1. The summed E-state index contributed by atoms with van der Waals surface area (Å²) < 4.78 is 6.03. The number of benzene rings is 2. The average Bonchev–Trinajstić information content (AvgIpc) is 2.65. The SMILES string of the molecule is CCC(Oc1ccccc1C(C)CC)C(=O)Nc1cccc(C(N)=O)c1. The lowest BCUT2D eigenvalue weighted by molar-refractivity contribution is -0.122. The van der Waals surface area contributed by atoms with Gasteiger partial charge in [-0.05, 0) is 48.6 Å². The summed E-state index contributed by atoms with van der Waals surface area (Å²) in [5.41, 5.74) is 7.24. The highest BCUT2D eigenvalue weighted by atomic mass is 16.5. The molecule has 0 saturated heterocycles. The maximum absolute atomic E-state index is 12.6.